The number of guanidine groups is 1. The third kappa shape index (κ3) is 7.77. The van der Waals surface area contributed by atoms with Gasteiger partial charge in [0, 0.05) is 32.9 Å². The third-order valence-electron chi connectivity index (χ3n) is 3.74. The van der Waals surface area contributed by atoms with Gasteiger partial charge in [-0.2, -0.15) is 0 Å². The molecule has 2 aromatic carbocycles. The first-order chi connectivity index (χ1) is 11.7. The average Bonchev–Trinajstić information content (AvgIpc) is 2.61. The lowest BCUT2D eigenvalue weighted by Crippen LogP contribution is -2.38. The van der Waals surface area contributed by atoms with Crippen molar-refractivity contribution in [2.75, 3.05) is 32.1 Å². The van der Waals surface area contributed by atoms with Crippen molar-refractivity contribution in [2.45, 2.75) is 19.9 Å². The Morgan fingerprint density at radius 1 is 0.960 bits per heavy atom. The highest BCUT2D eigenvalue weighted by Gasteiger charge is 2.00. The maximum Gasteiger partial charge on any atom is 0.191 e. The molecule has 25 heavy (non-hydrogen) atoms. The van der Waals surface area contributed by atoms with Crippen LogP contribution in [0.25, 0.3) is 0 Å². The van der Waals surface area contributed by atoms with Gasteiger partial charge < -0.3 is 15.5 Å². The second-order valence-corrected chi connectivity index (χ2v) is 5.92. The molecule has 0 bridgehead atoms. The Kier molecular flexibility index (Phi) is 9.99. The summed E-state index contributed by atoms with van der Waals surface area (Å²) in [6.07, 6.45) is 0.987. The first kappa shape index (κ1) is 21.3. The smallest absolute Gasteiger partial charge is 0.191 e. The number of hydrogen-bond acceptors (Lipinski definition) is 2. The molecule has 0 saturated heterocycles. The van der Waals surface area contributed by atoms with Crippen molar-refractivity contribution in [3.8, 4) is 0 Å². The molecule has 0 aliphatic carbocycles. The van der Waals surface area contributed by atoms with Crippen LogP contribution in [0.1, 0.15) is 18.1 Å². The second-order valence-electron chi connectivity index (χ2n) is 5.92. The highest BCUT2D eigenvalue weighted by molar-refractivity contribution is 14.0. The number of nitrogens with zero attached hydrogens (tertiary/aromatic N) is 2. The molecule has 0 amide bonds. The van der Waals surface area contributed by atoms with E-state index in [-0.39, 0.29) is 24.0 Å². The Bertz CT molecular complexity index is 641. The van der Waals surface area contributed by atoms with Crippen molar-refractivity contribution in [1.29, 1.82) is 0 Å². The van der Waals surface area contributed by atoms with E-state index in [1.807, 2.05) is 6.07 Å². The topological polar surface area (TPSA) is 39.7 Å². The van der Waals surface area contributed by atoms with E-state index in [9.17, 15) is 0 Å². The zero-order valence-corrected chi connectivity index (χ0v) is 17.7. The summed E-state index contributed by atoms with van der Waals surface area (Å²) in [7, 11) is 4.11. The molecule has 4 nitrogen and oxygen atoms in total. The Balaban J connectivity index is 0.00000312. The Hall–Kier alpha value is -1.76. The molecule has 0 unspecified atom stereocenters. The van der Waals surface area contributed by atoms with E-state index in [4.69, 9.17) is 4.99 Å². The largest absolute Gasteiger partial charge is 0.378 e. The molecule has 5 heteroatoms. The van der Waals surface area contributed by atoms with Crippen LogP contribution in [-0.4, -0.2) is 33.1 Å². The van der Waals surface area contributed by atoms with Crippen LogP contribution in [-0.2, 0) is 13.0 Å². The predicted molar refractivity (Wildman–Crippen MR) is 119 cm³/mol. The van der Waals surface area contributed by atoms with E-state index >= 15 is 0 Å². The van der Waals surface area contributed by atoms with Gasteiger partial charge >= 0.3 is 0 Å². The van der Waals surface area contributed by atoms with Crippen LogP contribution in [0.4, 0.5) is 5.69 Å². The van der Waals surface area contributed by atoms with Crippen LogP contribution in [0.5, 0.6) is 0 Å². The number of halogens is 1. The summed E-state index contributed by atoms with van der Waals surface area (Å²) in [5, 5.41) is 6.71. The number of anilines is 1. The Labute approximate surface area is 168 Å². The lowest BCUT2D eigenvalue weighted by Gasteiger charge is -2.14. The molecule has 0 atom stereocenters. The summed E-state index contributed by atoms with van der Waals surface area (Å²) in [4.78, 5) is 6.80. The highest BCUT2D eigenvalue weighted by Crippen LogP contribution is 2.13. The summed E-state index contributed by atoms with van der Waals surface area (Å²) >= 11 is 0. The van der Waals surface area contributed by atoms with E-state index in [1.165, 1.54) is 16.8 Å². The van der Waals surface area contributed by atoms with Crippen molar-refractivity contribution in [3.05, 3.63) is 65.7 Å². The fraction of sp³-hybridized carbons (Fsp3) is 0.350. The molecule has 0 saturated carbocycles. The molecular weight excluding hydrogens is 423 g/mol. The van der Waals surface area contributed by atoms with Gasteiger partial charge in [0.05, 0.1) is 6.54 Å². The standard InChI is InChI=1S/C20H28N4.HI/c1-4-21-20(22-14-13-17-9-6-5-7-10-17)23-16-18-11-8-12-19(15-18)24(2)3;/h5-12,15H,4,13-14,16H2,1-3H3,(H2,21,22,23);1H. The zero-order valence-electron chi connectivity index (χ0n) is 15.3. The van der Waals surface area contributed by atoms with E-state index in [0.29, 0.717) is 6.54 Å². The van der Waals surface area contributed by atoms with E-state index < -0.39 is 0 Å². The average molecular weight is 452 g/mol. The number of hydrogen-bond donors (Lipinski definition) is 2. The lowest BCUT2D eigenvalue weighted by molar-refractivity contribution is 0.799. The first-order valence-corrected chi connectivity index (χ1v) is 8.51. The lowest BCUT2D eigenvalue weighted by atomic mass is 10.1. The molecule has 0 fully saturated rings. The summed E-state index contributed by atoms with van der Waals surface area (Å²) in [6.45, 7) is 4.48. The van der Waals surface area contributed by atoms with Gasteiger partial charge in [0.25, 0.3) is 0 Å². The van der Waals surface area contributed by atoms with Crippen molar-refractivity contribution in [2.24, 2.45) is 4.99 Å². The molecule has 0 heterocycles. The molecule has 2 rings (SSSR count). The molecule has 0 radical (unpaired) electrons. The van der Waals surface area contributed by atoms with Gasteiger partial charge in [-0.25, -0.2) is 4.99 Å². The first-order valence-electron chi connectivity index (χ1n) is 8.51. The molecule has 0 aliphatic heterocycles. The maximum atomic E-state index is 4.69. The molecular formula is C20H29IN4. The van der Waals surface area contributed by atoms with Crippen molar-refractivity contribution >= 4 is 35.6 Å². The van der Waals surface area contributed by atoms with E-state index in [2.05, 4.69) is 85.1 Å². The van der Waals surface area contributed by atoms with Gasteiger partial charge in [-0.15, -0.1) is 24.0 Å². The quantitative estimate of drug-likeness (QED) is 0.383. The predicted octanol–water partition coefficient (Wildman–Crippen LogP) is 3.67. The van der Waals surface area contributed by atoms with Gasteiger partial charge in [-0.3, -0.25) is 0 Å². The van der Waals surface area contributed by atoms with Crippen molar-refractivity contribution in [3.63, 3.8) is 0 Å². The van der Waals surface area contributed by atoms with Crippen molar-refractivity contribution < 1.29 is 0 Å². The Morgan fingerprint density at radius 2 is 1.68 bits per heavy atom. The van der Waals surface area contributed by atoms with Crippen LogP contribution >= 0.6 is 24.0 Å². The zero-order chi connectivity index (χ0) is 17.2. The Morgan fingerprint density at radius 3 is 2.36 bits per heavy atom. The van der Waals surface area contributed by atoms with E-state index in [1.54, 1.807) is 0 Å². The van der Waals surface area contributed by atoms with Gasteiger partial charge in [-0.05, 0) is 36.6 Å². The van der Waals surface area contributed by atoms with Gasteiger partial charge in [0.15, 0.2) is 5.96 Å². The number of nitrogens with one attached hydrogen (secondary N) is 2. The minimum atomic E-state index is 0. The molecule has 136 valence electrons. The normalized spacial score (nSPS) is 10.8. The summed E-state index contributed by atoms with van der Waals surface area (Å²) in [6, 6.07) is 19.0. The molecule has 2 N–H and O–H groups in total. The molecule has 0 aromatic heterocycles. The van der Waals surface area contributed by atoms with Crippen LogP contribution < -0.4 is 15.5 Å². The van der Waals surface area contributed by atoms with Gasteiger partial charge in [0.1, 0.15) is 0 Å². The summed E-state index contributed by atoms with van der Waals surface area (Å²) < 4.78 is 0. The molecule has 0 spiro atoms. The maximum absolute atomic E-state index is 4.69. The number of rotatable bonds is 7. The molecule has 0 aliphatic rings. The van der Waals surface area contributed by atoms with E-state index in [0.717, 1.165) is 25.5 Å². The van der Waals surface area contributed by atoms with Crippen LogP contribution in [0.15, 0.2) is 59.6 Å². The fourth-order valence-electron chi connectivity index (χ4n) is 2.42. The van der Waals surface area contributed by atoms with Crippen LogP contribution in [0, 0.1) is 0 Å². The van der Waals surface area contributed by atoms with Gasteiger partial charge in [-0.1, -0.05) is 42.5 Å². The summed E-state index contributed by atoms with van der Waals surface area (Å²) in [5.74, 6) is 0.865. The minimum absolute atomic E-state index is 0. The number of benzene rings is 2. The van der Waals surface area contributed by atoms with Crippen molar-refractivity contribution in [1.82, 2.24) is 10.6 Å². The fourth-order valence-corrected chi connectivity index (χ4v) is 2.42. The van der Waals surface area contributed by atoms with Gasteiger partial charge in [0.2, 0.25) is 0 Å². The molecule has 2 aromatic rings. The number of aliphatic imine (C=N–C) groups is 1. The highest BCUT2D eigenvalue weighted by atomic mass is 127. The van der Waals surface area contributed by atoms with Crippen LogP contribution in [0.2, 0.25) is 0 Å². The second kappa shape index (κ2) is 11.7. The minimum Gasteiger partial charge on any atom is -0.378 e. The van der Waals surface area contributed by atoms with Crippen LogP contribution in [0.3, 0.4) is 0 Å². The SMILES string of the molecule is CCNC(=NCc1cccc(N(C)C)c1)NCCc1ccccc1.I. The monoisotopic (exact) mass is 452 g/mol. The summed E-state index contributed by atoms with van der Waals surface area (Å²) in [5.41, 5.74) is 3.74. The third-order valence-corrected chi connectivity index (χ3v) is 3.74.